The van der Waals surface area contributed by atoms with Crippen molar-refractivity contribution in [2.45, 2.75) is 38.2 Å². The normalized spacial score (nSPS) is 22.2. The Labute approximate surface area is 87.6 Å². The summed E-state index contributed by atoms with van der Waals surface area (Å²) in [5, 5.41) is 0. The molecule has 0 spiro atoms. The van der Waals surface area contributed by atoms with Gasteiger partial charge in [-0.1, -0.05) is 0 Å². The highest BCUT2D eigenvalue weighted by Gasteiger charge is 2.15. The highest BCUT2D eigenvalue weighted by atomic mass is 16.5. The zero-order valence-corrected chi connectivity index (χ0v) is 9.17. The molecule has 0 aromatic carbocycles. The van der Waals surface area contributed by atoms with Gasteiger partial charge >= 0.3 is 0 Å². The van der Waals surface area contributed by atoms with Gasteiger partial charge in [-0.3, -0.25) is 0 Å². The number of rotatable bonds is 5. The van der Waals surface area contributed by atoms with Crippen molar-refractivity contribution in [2.75, 3.05) is 26.7 Å². The van der Waals surface area contributed by atoms with Crippen molar-refractivity contribution < 1.29 is 4.74 Å². The highest BCUT2D eigenvalue weighted by Crippen LogP contribution is 2.13. The van der Waals surface area contributed by atoms with Crippen molar-refractivity contribution in [2.24, 2.45) is 0 Å². The van der Waals surface area contributed by atoms with Crippen molar-refractivity contribution in [1.29, 1.82) is 0 Å². The van der Waals surface area contributed by atoms with Gasteiger partial charge in [0.1, 0.15) is 0 Å². The Morgan fingerprint density at radius 2 is 2.36 bits per heavy atom. The molecule has 1 saturated heterocycles. The Balaban J connectivity index is 2.06. The molecule has 1 rings (SSSR count). The van der Waals surface area contributed by atoms with E-state index in [-0.39, 0.29) is 0 Å². The summed E-state index contributed by atoms with van der Waals surface area (Å²) in [5.41, 5.74) is 0. The number of hydrogen-bond donors (Lipinski definition) is 0. The first-order valence-corrected chi connectivity index (χ1v) is 5.56. The van der Waals surface area contributed by atoms with Crippen LogP contribution in [-0.4, -0.2) is 37.7 Å². The maximum Gasteiger partial charge on any atom is 0.0701 e. The lowest BCUT2D eigenvalue weighted by Crippen LogP contribution is -2.33. The predicted octanol–water partition coefficient (Wildman–Crippen LogP) is 1.90. The van der Waals surface area contributed by atoms with Gasteiger partial charge in [0.05, 0.1) is 6.10 Å². The molecule has 80 valence electrons. The minimum absolute atomic E-state index is 0.458. The monoisotopic (exact) mass is 195 g/mol. The van der Waals surface area contributed by atoms with E-state index in [0.29, 0.717) is 6.10 Å². The number of hydrogen-bond acceptors (Lipinski definition) is 2. The SMILES string of the molecule is C#CCCCN(C)CC1CCCCO1. The van der Waals surface area contributed by atoms with Crippen LogP contribution in [0.2, 0.25) is 0 Å². The summed E-state index contributed by atoms with van der Waals surface area (Å²) in [4.78, 5) is 2.33. The van der Waals surface area contributed by atoms with E-state index in [0.717, 1.165) is 32.5 Å². The van der Waals surface area contributed by atoms with E-state index in [4.69, 9.17) is 11.2 Å². The smallest absolute Gasteiger partial charge is 0.0701 e. The van der Waals surface area contributed by atoms with Crippen LogP contribution in [0.15, 0.2) is 0 Å². The molecule has 0 aromatic rings. The summed E-state index contributed by atoms with van der Waals surface area (Å²) in [6.45, 7) is 3.09. The Morgan fingerprint density at radius 1 is 1.50 bits per heavy atom. The highest BCUT2D eigenvalue weighted by molar-refractivity contribution is 4.83. The van der Waals surface area contributed by atoms with Gasteiger partial charge in [0.15, 0.2) is 0 Å². The average Bonchev–Trinajstić information content (AvgIpc) is 2.20. The molecule has 0 N–H and O–H groups in total. The van der Waals surface area contributed by atoms with E-state index in [1.165, 1.54) is 19.3 Å². The van der Waals surface area contributed by atoms with Crippen LogP contribution < -0.4 is 0 Å². The molecule has 2 heteroatoms. The second-order valence-electron chi connectivity index (χ2n) is 4.06. The fourth-order valence-corrected chi connectivity index (χ4v) is 1.84. The van der Waals surface area contributed by atoms with Gasteiger partial charge in [-0.2, -0.15) is 0 Å². The van der Waals surface area contributed by atoms with E-state index in [2.05, 4.69) is 17.9 Å². The summed E-state index contributed by atoms with van der Waals surface area (Å²) in [7, 11) is 2.15. The molecule has 1 fully saturated rings. The topological polar surface area (TPSA) is 12.5 Å². The van der Waals surface area contributed by atoms with E-state index in [9.17, 15) is 0 Å². The number of terminal acetylenes is 1. The van der Waals surface area contributed by atoms with Crippen LogP contribution in [0.1, 0.15) is 32.1 Å². The Morgan fingerprint density at radius 3 is 3.00 bits per heavy atom. The van der Waals surface area contributed by atoms with Crippen LogP contribution in [0, 0.1) is 12.3 Å². The van der Waals surface area contributed by atoms with Gasteiger partial charge < -0.3 is 9.64 Å². The zero-order valence-electron chi connectivity index (χ0n) is 9.17. The fraction of sp³-hybridized carbons (Fsp3) is 0.833. The molecule has 0 amide bonds. The minimum Gasteiger partial charge on any atom is -0.377 e. The zero-order chi connectivity index (χ0) is 10.2. The van der Waals surface area contributed by atoms with Crippen molar-refractivity contribution in [3.63, 3.8) is 0 Å². The molecule has 1 atom stereocenters. The first kappa shape index (κ1) is 11.6. The summed E-state index contributed by atoms with van der Waals surface area (Å²) >= 11 is 0. The number of unbranched alkanes of at least 4 members (excludes halogenated alkanes) is 1. The van der Waals surface area contributed by atoms with Gasteiger partial charge in [-0.15, -0.1) is 12.3 Å². The second kappa shape index (κ2) is 6.86. The third kappa shape index (κ3) is 4.64. The predicted molar refractivity (Wildman–Crippen MR) is 59.2 cm³/mol. The van der Waals surface area contributed by atoms with Crippen LogP contribution in [0.4, 0.5) is 0 Å². The first-order valence-electron chi connectivity index (χ1n) is 5.56. The summed E-state index contributed by atoms with van der Waals surface area (Å²) in [5.74, 6) is 2.67. The van der Waals surface area contributed by atoms with Crippen LogP contribution >= 0.6 is 0 Å². The number of nitrogens with zero attached hydrogens (tertiary/aromatic N) is 1. The van der Waals surface area contributed by atoms with E-state index in [1.54, 1.807) is 0 Å². The molecule has 1 heterocycles. The Bertz CT molecular complexity index is 179. The van der Waals surface area contributed by atoms with Crippen molar-refractivity contribution in [1.82, 2.24) is 4.90 Å². The summed E-state index contributed by atoms with van der Waals surface area (Å²) in [6.07, 6.45) is 11.4. The van der Waals surface area contributed by atoms with Crippen LogP contribution in [0.3, 0.4) is 0 Å². The third-order valence-electron chi connectivity index (χ3n) is 2.65. The molecule has 0 radical (unpaired) electrons. The standard InChI is InChI=1S/C12H21NO/c1-3-4-6-9-13(2)11-12-8-5-7-10-14-12/h1,12H,4-11H2,2H3. The minimum atomic E-state index is 0.458. The molecule has 1 aliphatic rings. The quantitative estimate of drug-likeness (QED) is 0.491. The average molecular weight is 195 g/mol. The summed E-state index contributed by atoms with van der Waals surface area (Å²) < 4.78 is 5.67. The van der Waals surface area contributed by atoms with E-state index >= 15 is 0 Å². The lowest BCUT2D eigenvalue weighted by molar-refractivity contribution is -0.00148. The van der Waals surface area contributed by atoms with E-state index < -0.39 is 0 Å². The van der Waals surface area contributed by atoms with Gasteiger partial charge in [0, 0.05) is 19.6 Å². The van der Waals surface area contributed by atoms with Gasteiger partial charge in [0.2, 0.25) is 0 Å². The van der Waals surface area contributed by atoms with Crippen molar-refractivity contribution in [3.05, 3.63) is 0 Å². The lowest BCUT2D eigenvalue weighted by Gasteiger charge is -2.27. The summed E-state index contributed by atoms with van der Waals surface area (Å²) in [6, 6.07) is 0. The lowest BCUT2D eigenvalue weighted by atomic mass is 10.1. The van der Waals surface area contributed by atoms with Crippen molar-refractivity contribution in [3.8, 4) is 12.3 Å². The molecule has 2 nitrogen and oxygen atoms in total. The molecule has 1 unspecified atom stereocenters. The molecular weight excluding hydrogens is 174 g/mol. The largest absolute Gasteiger partial charge is 0.377 e. The van der Waals surface area contributed by atoms with Gasteiger partial charge in [-0.05, 0) is 39.3 Å². The molecule has 0 saturated carbocycles. The fourth-order valence-electron chi connectivity index (χ4n) is 1.84. The number of likely N-dealkylation sites (N-methyl/N-ethyl adjacent to an activating group) is 1. The molecule has 14 heavy (non-hydrogen) atoms. The Hall–Kier alpha value is -0.520. The van der Waals surface area contributed by atoms with Crippen LogP contribution in [-0.2, 0) is 4.74 Å². The van der Waals surface area contributed by atoms with E-state index in [1.807, 2.05) is 0 Å². The first-order chi connectivity index (χ1) is 6.83. The van der Waals surface area contributed by atoms with Gasteiger partial charge in [0.25, 0.3) is 0 Å². The Kier molecular flexibility index (Phi) is 5.66. The molecule has 0 aliphatic carbocycles. The molecule has 0 aromatic heterocycles. The third-order valence-corrected chi connectivity index (χ3v) is 2.65. The van der Waals surface area contributed by atoms with Crippen LogP contribution in [0.25, 0.3) is 0 Å². The molecular formula is C12H21NO. The second-order valence-corrected chi connectivity index (χ2v) is 4.06. The molecule has 0 bridgehead atoms. The van der Waals surface area contributed by atoms with Crippen LogP contribution in [0.5, 0.6) is 0 Å². The maximum atomic E-state index is 5.67. The van der Waals surface area contributed by atoms with Crippen molar-refractivity contribution >= 4 is 0 Å². The number of ether oxygens (including phenoxy) is 1. The maximum absolute atomic E-state index is 5.67. The molecule has 1 aliphatic heterocycles. The van der Waals surface area contributed by atoms with Gasteiger partial charge in [-0.25, -0.2) is 0 Å².